The second-order valence-corrected chi connectivity index (χ2v) is 3.59. The van der Waals surface area contributed by atoms with E-state index in [1.165, 1.54) is 0 Å². The Morgan fingerprint density at radius 2 is 2.12 bits per heavy atom. The summed E-state index contributed by atoms with van der Waals surface area (Å²) in [5.74, 6) is 1.20. The van der Waals surface area contributed by atoms with Crippen molar-refractivity contribution in [1.82, 2.24) is 5.32 Å². The summed E-state index contributed by atoms with van der Waals surface area (Å²) in [5, 5.41) is 10.8. The topological polar surface area (TPSA) is 71.4 Å². The first-order valence-electron chi connectivity index (χ1n) is 5.32. The molecule has 1 aliphatic rings. The SMILES string of the molecule is N#CCNC(=O)Cc1ccc2c(c1)OCCO2. The van der Waals surface area contributed by atoms with Crippen molar-refractivity contribution < 1.29 is 14.3 Å². The Kier molecular flexibility index (Phi) is 3.46. The van der Waals surface area contributed by atoms with Crippen molar-refractivity contribution in [3.63, 3.8) is 0 Å². The van der Waals surface area contributed by atoms with Gasteiger partial charge in [0.1, 0.15) is 19.8 Å². The van der Waals surface area contributed by atoms with Crippen LogP contribution in [0.15, 0.2) is 18.2 Å². The molecular weight excluding hydrogens is 220 g/mol. The maximum absolute atomic E-state index is 11.4. The van der Waals surface area contributed by atoms with Crippen molar-refractivity contribution in [1.29, 1.82) is 5.26 Å². The molecule has 0 saturated carbocycles. The number of benzene rings is 1. The molecule has 1 aliphatic heterocycles. The molecule has 0 atom stereocenters. The van der Waals surface area contributed by atoms with Gasteiger partial charge in [-0.3, -0.25) is 4.79 Å². The smallest absolute Gasteiger partial charge is 0.225 e. The number of carbonyl (C=O) groups excluding carboxylic acids is 1. The summed E-state index contributed by atoms with van der Waals surface area (Å²) in [5.41, 5.74) is 0.838. The van der Waals surface area contributed by atoms with Crippen LogP contribution < -0.4 is 14.8 Å². The molecule has 17 heavy (non-hydrogen) atoms. The second kappa shape index (κ2) is 5.21. The van der Waals surface area contributed by atoms with Crippen LogP contribution in [0.5, 0.6) is 11.5 Å². The van der Waals surface area contributed by atoms with Crippen LogP contribution in [-0.2, 0) is 11.2 Å². The highest BCUT2D eigenvalue weighted by molar-refractivity contribution is 5.79. The Hall–Kier alpha value is -2.22. The number of hydrogen-bond donors (Lipinski definition) is 1. The lowest BCUT2D eigenvalue weighted by Crippen LogP contribution is -2.25. The van der Waals surface area contributed by atoms with E-state index < -0.39 is 0 Å². The second-order valence-electron chi connectivity index (χ2n) is 3.59. The summed E-state index contributed by atoms with van der Waals surface area (Å²) in [7, 11) is 0. The van der Waals surface area contributed by atoms with Gasteiger partial charge in [0.25, 0.3) is 0 Å². The molecule has 5 heteroatoms. The summed E-state index contributed by atoms with van der Waals surface area (Å²) < 4.78 is 10.8. The summed E-state index contributed by atoms with van der Waals surface area (Å²) >= 11 is 0. The number of hydrogen-bond acceptors (Lipinski definition) is 4. The maximum Gasteiger partial charge on any atom is 0.225 e. The van der Waals surface area contributed by atoms with Gasteiger partial charge in [-0.05, 0) is 17.7 Å². The van der Waals surface area contributed by atoms with Gasteiger partial charge in [-0.15, -0.1) is 0 Å². The molecular formula is C12H12N2O3. The summed E-state index contributed by atoms with van der Waals surface area (Å²) in [6.45, 7) is 1.11. The third-order valence-corrected chi connectivity index (χ3v) is 2.34. The average molecular weight is 232 g/mol. The minimum atomic E-state index is -0.178. The fraction of sp³-hybridized carbons (Fsp3) is 0.333. The molecule has 1 amide bonds. The van der Waals surface area contributed by atoms with Gasteiger partial charge in [-0.1, -0.05) is 6.07 Å². The first kappa shape index (κ1) is 11.3. The van der Waals surface area contributed by atoms with Crippen molar-refractivity contribution >= 4 is 5.91 Å². The van der Waals surface area contributed by atoms with Crippen LogP contribution in [0.2, 0.25) is 0 Å². The largest absolute Gasteiger partial charge is 0.486 e. The monoisotopic (exact) mass is 232 g/mol. The van der Waals surface area contributed by atoms with Crippen LogP contribution in [-0.4, -0.2) is 25.7 Å². The lowest BCUT2D eigenvalue weighted by Gasteiger charge is -2.18. The molecule has 1 heterocycles. The van der Waals surface area contributed by atoms with E-state index in [-0.39, 0.29) is 18.9 Å². The highest BCUT2D eigenvalue weighted by Gasteiger charge is 2.12. The van der Waals surface area contributed by atoms with Gasteiger partial charge in [-0.2, -0.15) is 5.26 Å². The predicted octanol–water partition coefficient (Wildman–Crippen LogP) is 0.640. The molecule has 0 bridgehead atoms. The van der Waals surface area contributed by atoms with Crippen molar-refractivity contribution in [3.8, 4) is 17.6 Å². The van der Waals surface area contributed by atoms with E-state index in [2.05, 4.69) is 5.32 Å². The number of nitriles is 1. The molecule has 1 N–H and O–H groups in total. The van der Waals surface area contributed by atoms with E-state index in [4.69, 9.17) is 14.7 Å². The molecule has 1 aromatic carbocycles. The Balaban J connectivity index is 2.02. The number of amides is 1. The molecule has 0 aromatic heterocycles. The highest BCUT2D eigenvalue weighted by Crippen LogP contribution is 2.30. The Morgan fingerprint density at radius 1 is 1.35 bits per heavy atom. The highest BCUT2D eigenvalue weighted by atomic mass is 16.6. The standard InChI is InChI=1S/C12H12N2O3/c13-3-4-14-12(15)8-9-1-2-10-11(7-9)17-6-5-16-10/h1-2,7H,4-6,8H2,(H,14,15). The van der Waals surface area contributed by atoms with Crippen LogP contribution in [0.4, 0.5) is 0 Å². The molecule has 0 aliphatic carbocycles. The zero-order valence-corrected chi connectivity index (χ0v) is 9.23. The zero-order chi connectivity index (χ0) is 12.1. The average Bonchev–Trinajstić information content (AvgIpc) is 2.36. The summed E-state index contributed by atoms with van der Waals surface area (Å²) in [4.78, 5) is 11.4. The molecule has 0 saturated heterocycles. The minimum absolute atomic E-state index is 0.0311. The number of fused-ring (bicyclic) bond motifs is 1. The van der Waals surface area contributed by atoms with E-state index in [1.54, 1.807) is 12.1 Å². The van der Waals surface area contributed by atoms with Gasteiger partial charge < -0.3 is 14.8 Å². The van der Waals surface area contributed by atoms with Crippen molar-refractivity contribution in [3.05, 3.63) is 23.8 Å². The minimum Gasteiger partial charge on any atom is -0.486 e. The van der Waals surface area contributed by atoms with E-state index in [0.29, 0.717) is 24.7 Å². The Labute approximate surface area is 98.9 Å². The van der Waals surface area contributed by atoms with E-state index in [1.807, 2.05) is 12.1 Å². The summed E-state index contributed by atoms with van der Waals surface area (Å²) in [6.07, 6.45) is 0.234. The van der Waals surface area contributed by atoms with Gasteiger partial charge in [0.05, 0.1) is 12.5 Å². The predicted molar refractivity (Wildman–Crippen MR) is 59.8 cm³/mol. The molecule has 88 valence electrons. The van der Waals surface area contributed by atoms with Crippen LogP contribution in [0.1, 0.15) is 5.56 Å². The third-order valence-electron chi connectivity index (χ3n) is 2.34. The normalized spacial score (nSPS) is 12.6. The lowest BCUT2D eigenvalue weighted by molar-refractivity contribution is -0.120. The maximum atomic E-state index is 11.4. The number of ether oxygens (including phenoxy) is 2. The van der Waals surface area contributed by atoms with Crippen LogP contribution >= 0.6 is 0 Å². The third kappa shape index (κ3) is 2.88. The van der Waals surface area contributed by atoms with Gasteiger partial charge in [-0.25, -0.2) is 0 Å². The van der Waals surface area contributed by atoms with E-state index in [0.717, 1.165) is 5.56 Å². The summed E-state index contributed by atoms with van der Waals surface area (Å²) in [6, 6.07) is 7.26. The molecule has 1 aromatic rings. The molecule has 0 unspecified atom stereocenters. The zero-order valence-electron chi connectivity index (χ0n) is 9.23. The van der Waals surface area contributed by atoms with Crippen LogP contribution in [0, 0.1) is 11.3 Å². The van der Waals surface area contributed by atoms with E-state index >= 15 is 0 Å². The Morgan fingerprint density at radius 3 is 2.88 bits per heavy atom. The van der Waals surface area contributed by atoms with Gasteiger partial charge >= 0.3 is 0 Å². The first-order chi connectivity index (χ1) is 8.29. The van der Waals surface area contributed by atoms with Crippen LogP contribution in [0.25, 0.3) is 0 Å². The van der Waals surface area contributed by atoms with Crippen molar-refractivity contribution in [2.24, 2.45) is 0 Å². The van der Waals surface area contributed by atoms with Crippen molar-refractivity contribution in [2.75, 3.05) is 19.8 Å². The van der Waals surface area contributed by atoms with Gasteiger partial charge in [0.2, 0.25) is 5.91 Å². The van der Waals surface area contributed by atoms with E-state index in [9.17, 15) is 4.79 Å². The molecule has 0 spiro atoms. The lowest BCUT2D eigenvalue weighted by atomic mass is 10.1. The molecule has 0 fully saturated rings. The number of rotatable bonds is 3. The number of nitrogens with zero attached hydrogens (tertiary/aromatic N) is 1. The fourth-order valence-corrected chi connectivity index (χ4v) is 1.58. The van der Waals surface area contributed by atoms with Crippen LogP contribution in [0.3, 0.4) is 0 Å². The fourth-order valence-electron chi connectivity index (χ4n) is 1.58. The molecule has 0 radical (unpaired) electrons. The Bertz CT molecular complexity index is 465. The molecule has 5 nitrogen and oxygen atoms in total. The number of carbonyl (C=O) groups is 1. The first-order valence-corrected chi connectivity index (χ1v) is 5.32. The number of nitrogens with one attached hydrogen (secondary N) is 1. The van der Waals surface area contributed by atoms with Gasteiger partial charge in [0, 0.05) is 0 Å². The van der Waals surface area contributed by atoms with Crippen molar-refractivity contribution in [2.45, 2.75) is 6.42 Å². The van der Waals surface area contributed by atoms with Gasteiger partial charge in [0.15, 0.2) is 11.5 Å². The molecule has 2 rings (SSSR count). The quantitative estimate of drug-likeness (QED) is 0.776.